The number of nitrogens with zero attached hydrogens (tertiary/aromatic N) is 1. The number of anilines is 1. The summed E-state index contributed by atoms with van der Waals surface area (Å²) in [5.74, 6) is -0.511. The molecule has 23 heavy (non-hydrogen) atoms. The molecule has 6 heteroatoms. The SMILES string of the molecule is O=C(Nc1ccccc1OC(F)F)c1cccc2ncccc12. The van der Waals surface area contributed by atoms with E-state index in [1.807, 2.05) is 0 Å². The standard InChI is InChI=1S/C17H12F2N2O2/c18-17(19)23-15-9-2-1-7-14(15)21-16(22)12-5-3-8-13-11(12)6-4-10-20-13/h1-10,17H,(H,21,22). The van der Waals surface area contributed by atoms with Gasteiger partial charge in [-0.25, -0.2) is 0 Å². The molecular weight excluding hydrogens is 302 g/mol. The lowest BCUT2D eigenvalue weighted by Gasteiger charge is -2.12. The van der Waals surface area contributed by atoms with E-state index in [2.05, 4.69) is 15.0 Å². The van der Waals surface area contributed by atoms with Gasteiger partial charge in [0.15, 0.2) is 0 Å². The minimum atomic E-state index is -2.96. The molecule has 0 bridgehead atoms. The fraction of sp³-hybridized carbons (Fsp3) is 0.0588. The molecule has 0 radical (unpaired) electrons. The van der Waals surface area contributed by atoms with E-state index < -0.39 is 12.5 Å². The van der Waals surface area contributed by atoms with Gasteiger partial charge in [-0.3, -0.25) is 9.78 Å². The first-order valence-electron chi connectivity index (χ1n) is 6.84. The molecule has 3 aromatic rings. The summed E-state index contributed by atoms with van der Waals surface area (Å²) < 4.78 is 29.3. The molecule has 0 saturated carbocycles. The summed E-state index contributed by atoms with van der Waals surface area (Å²) in [5, 5.41) is 3.28. The van der Waals surface area contributed by atoms with Crippen molar-refractivity contribution in [2.24, 2.45) is 0 Å². The summed E-state index contributed by atoms with van der Waals surface area (Å²) in [6.45, 7) is -2.96. The maximum absolute atomic E-state index is 12.5. The fourth-order valence-corrected chi connectivity index (χ4v) is 2.26. The highest BCUT2D eigenvalue weighted by Crippen LogP contribution is 2.27. The second-order valence-corrected chi connectivity index (χ2v) is 4.70. The van der Waals surface area contributed by atoms with E-state index in [1.54, 1.807) is 48.7 Å². The maximum Gasteiger partial charge on any atom is 0.387 e. The molecule has 0 saturated heterocycles. The molecule has 0 atom stereocenters. The summed E-state index contributed by atoms with van der Waals surface area (Å²) in [5.41, 5.74) is 1.26. The Morgan fingerprint density at radius 1 is 1.04 bits per heavy atom. The molecule has 1 amide bonds. The van der Waals surface area contributed by atoms with Crippen LogP contribution in [0.5, 0.6) is 5.75 Å². The zero-order valence-corrected chi connectivity index (χ0v) is 11.9. The van der Waals surface area contributed by atoms with Gasteiger partial charge < -0.3 is 10.1 Å². The van der Waals surface area contributed by atoms with Gasteiger partial charge in [0, 0.05) is 17.1 Å². The number of hydrogen-bond acceptors (Lipinski definition) is 3. The van der Waals surface area contributed by atoms with Crippen molar-refractivity contribution in [2.45, 2.75) is 6.61 Å². The molecule has 0 fully saturated rings. The van der Waals surface area contributed by atoms with E-state index in [-0.39, 0.29) is 11.4 Å². The number of rotatable bonds is 4. The second kappa shape index (κ2) is 6.39. The Morgan fingerprint density at radius 3 is 2.70 bits per heavy atom. The van der Waals surface area contributed by atoms with Crippen LogP contribution in [0.15, 0.2) is 60.8 Å². The van der Waals surface area contributed by atoms with Crippen LogP contribution in [-0.4, -0.2) is 17.5 Å². The van der Waals surface area contributed by atoms with Crippen LogP contribution in [0.4, 0.5) is 14.5 Å². The Kier molecular flexibility index (Phi) is 4.14. The Hall–Kier alpha value is -3.02. The van der Waals surface area contributed by atoms with Crippen LogP contribution in [0.25, 0.3) is 10.9 Å². The lowest BCUT2D eigenvalue weighted by molar-refractivity contribution is -0.0493. The molecule has 1 aromatic heterocycles. The number of nitrogens with one attached hydrogen (secondary N) is 1. The summed E-state index contributed by atoms with van der Waals surface area (Å²) in [4.78, 5) is 16.7. The highest BCUT2D eigenvalue weighted by atomic mass is 19.3. The zero-order valence-electron chi connectivity index (χ0n) is 11.9. The lowest BCUT2D eigenvalue weighted by Crippen LogP contribution is -2.14. The third kappa shape index (κ3) is 3.26. The van der Waals surface area contributed by atoms with Gasteiger partial charge in [0.2, 0.25) is 0 Å². The molecule has 2 aromatic carbocycles. The van der Waals surface area contributed by atoms with E-state index in [0.29, 0.717) is 16.5 Å². The molecule has 116 valence electrons. The number of fused-ring (bicyclic) bond motifs is 1. The topological polar surface area (TPSA) is 51.2 Å². The number of para-hydroxylation sites is 2. The first-order chi connectivity index (χ1) is 11.1. The predicted octanol–water partition coefficient (Wildman–Crippen LogP) is 4.09. The normalized spacial score (nSPS) is 10.7. The highest BCUT2D eigenvalue weighted by Gasteiger charge is 2.14. The Morgan fingerprint density at radius 2 is 1.87 bits per heavy atom. The Bertz CT molecular complexity index is 847. The van der Waals surface area contributed by atoms with Crippen molar-refractivity contribution in [1.29, 1.82) is 0 Å². The summed E-state index contributed by atoms with van der Waals surface area (Å²) >= 11 is 0. The predicted molar refractivity (Wildman–Crippen MR) is 82.8 cm³/mol. The molecule has 1 N–H and O–H groups in total. The quantitative estimate of drug-likeness (QED) is 0.789. The molecule has 0 aliphatic rings. The van der Waals surface area contributed by atoms with E-state index in [9.17, 15) is 13.6 Å². The summed E-state index contributed by atoms with van der Waals surface area (Å²) in [7, 11) is 0. The van der Waals surface area contributed by atoms with Gasteiger partial charge in [-0.2, -0.15) is 8.78 Å². The van der Waals surface area contributed by atoms with Crippen LogP contribution in [0, 0.1) is 0 Å². The molecule has 0 aliphatic heterocycles. The number of halogens is 2. The van der Waals surface area contributed by atoms with Gasteiger partial charge in [0.25, 0.3) is 5.91 Å². The van der Waals surface area contributed by atoms with Crippen LogP contribution < -0.4 is 10.1 Å². The molecule has 3 rings (SSSR count). The van der Waals surface area contributed by atoms with Crippen molar-refractivity contribution < 1.29 is 18.3 Å². The number of aromatic nitrogens is 1. The molecule has 0 spiro atoms. The second-order valence-electron chi connectivity index (χ2n) is 4.70. The monoisotopic (exact) mass is 314 g/mol. The zero-order chi connectivity index (χ0) is 16.2. The molecule has 4 nitrogen and oxygen atoms in total. The average Bonchev–Trinajstić information content (AvgIpc) is 2.55. The number of pyridine rings is 1. The van der Waals surface area contributed by atoms with Crippen molar-refractivity contribution in [2.75, 3.05) is 5.32 Å². The van der Waals surface area contributed by atoms with E-state index in [1.165, 1.54) is 12.1 Å². The highest BCUT2D eigenvalue weighted by molar-refractivity contribution is 6.12. The van der Waals surface area contributed by atoms with Crippen molar-refractivity contribution in [3.8, 4) is 5.75 Å². The Balaban J connectivity index is 1.93. The van der Waals surface area contributed by atoms with Crippen molar-refractivity contribution in [1.82, 2.24) is 4.98 Å². The maximum atomic E-state index is 12.5. The van der Waals surface area contributed by atoms with E-state index in [4.69, 9.17) is 0 Å². The van der Waals surface area contributed by atoms with Crippen LogP contribution >= 0.6 is 0 Å². The third-order valence-electron chi connectivity index (χ3n) is 3.24. The minimum Gasteiger partial charge on any atom is -0.433 e. The molecule has 0 aliphatic carbocycles. The largest absolute Gasteiger partial charge is 0.433 e. The number of alkyl halides is 2. The molecule has 0 unspecified atom stereocenters. The first kappa shape index (κ1) is 14.9. The number of amides is 1. The minimum absolute atomic E-state index is 0.0887. The third-order valence-corrected chi connectivity index (χ3v) is 3.24. The smallest absolute Gasteiger partial charge is 0.387 e. The first-order valence-corrected chi connectivity index (χ1v) is 6.84. The van der Waals surface area contributed by atoms with E-state index >= 15 is 0 Å². The molecule has 1 heterocycles. The summed E-state index contributed by atoms with van der Waals surface area (Å²) in [6.07, 6.45) is 1.63. The fourth-order valence-electron chi connectivity index (χ4n) is 2.26. The Labute approximate surface area is 130 Å². The number of ether oxygens (including phenoxy) is 1. The number of carbonyl (C=O) groups excluding carboxylic acids is 1. The van der Waals surface area contributed by atoms with Gasteiger partial charge in [-0.05, 0) is 30.3 Å². The summed E-state index contributed by atoms with van der Waals surface area (Å²) in [6, 6.07) is 14.7. The van der Waals surface area contributed by atoms with Crippen molar-refractivity contribution >= 4 is 22.5 Å². The van der Waals surface area contributed by atoms with Gasteiger partial charge in [-0.15, -0.1) is 0 Å². The average molecular weight is 314 g/mol. The number of benzene rings is 2. The van der Waals surface area contributed by atoms with Crippen molar-refractivity contribution in [3.05, 3.63) is 66.4 Å². The van der Waals surface area contributed by atoms with Gasteiger partial charge >= 0.3 is 6.61 Å². The van der Waals surface area contributed by atoms with E-state index in [0.717, 1.165) is 0 Å². The lowest BCUT2D eigenvalue weighted by atomic mass is 10.1. The van der Waals surface area contributed by atoms with Crippen LogP contribution in [0.1, 0.15) is 10.4 Å². The van der Waals surface area contributed by atoms with Crippen molar-refractivity contribution in [3.63, 3.8) is 0 Å². The van der Waals surface area contributed by atoms with Crippen LogP contribution in [0.3, 0.4) is 0 Å². The van der Waals surface area contributed by atoms with Gasteiger partial charge in [0.1, 0.15) is 5.75 Å². The number of hydrogen-bond donors (Lipinski definition) is 1. The number of carbonyl (C=O) groups is 1. The van der Waals surface area contributed by atoms with Gasteiger partial charge in [-0.1, -0.05) is 24.3 Å². The van der Waals surface area contributed by atoms with Crippen LogP contribution in [-0.2, 0) is 0 Å². The van der Waals surface area contributed by atoms with Crippen LogP contribution in [0.2, 0.25) is 0 Å². The van der Waals surface area contributed by atoms with Gasteiger partial charge in [0.05, 0.1) is 11.2 Å². The molecular formula is C17H12F2N2O2.